The van der Waals surface area contributed by atoms with Crippen molar-refractivity contribution < 1.29 is 0 Å². The van der Waals surface area contributed by atoms with E-state index in [4.69, 9.17) is 22.1 Å². The summed E-state index contributed by atoms with van der Waals surface area (Å²) in [5, 5.41) is 25.0. The summed E-state index contributed by atoms with van der Waals surface area (Å²) in [7, 11) is 3.47. The van der Waals surface area contributed by atoms with Crippen LogP contribution in [0.25, 0.3) is 33.3 Å². The molecule has 0 radical (unpaired) electrons. The molecule has 4 aromatic heterocycles. The standard InChI is InChI=1S/C26H23ClN8O/c1-32-12-16(11-28)10-20(32)23-21-24(34(13-15-6-7-15)26(29)33(2)25(21)36)31-35(23)14-17-8-9-30-22-18(17)4-3-5-19(22)27/h3-5,8-10,12,15,29H,6-7,13-14H2,1-2H3. The summed E-state index contributed by atoms with van der Waals surface area (Å²) in [5.41, 5.74) is 3.79. The number of nitrogens with zero attached hydrogens (tertiary/aromatic N) is 7. The van der Waals surface area contributed by atoms with Crippen LogP contribution in [0, 0.1) is 22.7 Å². The number of aryl methyl sites for hydroxylation is 1. The number of rotatable bonds is 5. The molecule has 10 heteroatoms. The molecule has 1 saturated carbocycles. The van der Waals surface area contributed by atoms with Crippen molar-refractivity contribution >= 4 is 33.5 Å². The molecule has 1 fully saturated rings. The SMILES string of the molecule is Cn1cc(C#N)cc1-c1c2c(=O)n(C)c(=N)n(CC3CC3)c2nn1Cc1ccnc2c(Cl)cccc12. The molecule has 0 saturated heterocycles. The Labute approximate surface area is 210 Å². The van der Waals surface area contributed by atoms with Crippen LogP contribution >= 0.6 is 11.6 Å². The number of aromatic nitrogens is 6. The van der Waals surface area contributed by atoms with Gasteiger partial charge in [-0.2, -0.15) is 10.4 Å². The van der Waals surface area contributed by atoms with Gasteiger partial charge in [0.15, 0.2) is 5.65 Å². The summed E-state index contributed by atoms with van der Waals surface area (Å²) in [6.07, 6.45) is 5.67. The van der Waals surface area contributed by atoms with Crippen molar-refractivity contribution in [2.24, 2.45) is 20.0 Å². The number of halogens is 1. The summed E-state index contributed by atoms with van der Waals surface area (Å²) in [6, 6.07) is 11.5. The van der Waals surface area contributed by atoms with Crippen LogP contribution in [0.5, 0.6) is 0 Å². The Morgan fingerprint density at radius 1 is 1.25 bits per heavy atom. The normalized spacial score (nSPS) is 13.5. The van der Waals surface area contributed by atoms with Crippen LogP contribution in [0.4, 0.5) is 0 Å². The fraction of sp³-hybridized carbons (Fsp3) is 0.269. The van der Waals surface area contributed by atoms with E-state index >= 15 is 0 Å². The van der Waals surface area contributed by atoms with Crippen molar-refractivity contribution in [1.29, 1.82) is 10.7 Å². The molecule has 5 aromatic rings. The predicted octanol–water partition coefficient (Wildman–Crippen LogP) is 3.55. The highest BCUT2D eigenvalue weighted by atomic mass is 35.5. The number of benzene rings is 1. The third kappa shape index (κ3) is 3.45. The Bertz CT molecular complexity index is 1840. The zero-order valence-corrected chi connectivity index (χ0v) is 20.6. The zero-order chi connectivity index (χ0) is 25.1. The van der Waals surface area contributed by atoms with Crippen LogP contribution in [0.3, 0.4) is 0 Å². The largest absolute Gasteiger partial charge is 0.348 e. The van der Waals surface area contributed by atoms with E-state index in [1.165, 1.54) is 4.57 Å². The highest BCUT2D eigenvalue weighted by Crippen LogP contribution is 2.33. The number of hydrogen-bond donors (Lipinski definition) is 1. The monoisotopic (exact) mass is 498 g/mol. The molecule has 9 nitrogen and oxygen atoms in total. The molecule has 36 heavy (non-hydrogen) atoms. The van der Waals surface area contributed by atoms with Gasteiger partial charge >= 0.3 is 0 Å². The first-order valence-electron chi connectivity index (χ1n) is 11.7. The molecule has 0 atom stereocenters. The molecule has 0 unspecified atom stereocenters. The Balaban J connectivity index is 1.67. The van der Waals surface area contributed by atoms with E-state index in [2.05, 4.69) is 11.1 Å². The van der Waals surface area contributed by atoms with Crippen LogP contribution in [-0.2, 0) is 27.2 Å². The smallest absolute Gasteiger partial charge is 0.266 e. The Morgan fingerprint density at radius 3 is 2.78 bits per heavy atom. The summed E-state index contributed by atoms with van der Waals surface area (Å²) in [4.78, 5) is 18.0. The van der Waals surface area contributed by atoms with Gasteiger partial charge < -0.3 is 4.57 Å². The van der Waals surface area contributed by atoms with Crippen molar-refractivity contribution in [3.63, 3.8) is 0 Å². The quantitative estimate of drug-likeness (QED) is 0.399. The molecule has 1 aromatic carbocycles. The van der Waals surface area contributed by atoms with Crippen molar-refractivity contribution in [3.8, 4) is 17.5 Å². The van der Waals surface area contributed by atoms with Crippen molar-refractivity contribution in [2.75, 3.05) is 0 Å². The lowest BCUT2D eigenvalue weighted by molar-refractivity contribution is 0.552. The van der Waals surface area contributed by atoms with Gasteiger partial charge in [-0.25, -0.2) is 0 Å². The first-order valence-corrected chi connectivity index (χ1v) is 12.1. The van der Waals surface area contributed by atoms with E-state index in [0.717, 1.165) is 23.8 Å². The van der Waals surface area contributed by atoms with E-state index in [9.17, 15) is 10.1 Å². The minimum absolute atomic E-state index is 0.126. The van der Waals surface area contributed by atoms with Crippen molar-refractivity contribution in [2.45, 2.75) is 25.9 Å². The molecule has 0 spiro atoms. The van der Waals surface area contributed by atoms with Crippen molar-refractivity contribution in [3.05, 3.63) is 74.8 Å². The van der Waals surface area contributed by atoms with E-state index in [-0.39, 0.29) is 11.2 Å². The molecule has 0 amide bonds. The topological polar surface area (TPSA) is 110 Å². The van der Waals surface area contributed by atoms with Gasteiger partial charge in [0.1, 0.15) is 17.1 Å². The molecular weight excluding hydrogens is 476 g/mol. The number of para-hydroxylation sites is 1. The summed E-state index contributed by atoms with van der Waals surface area (Å²) >= 11 is 6.41. The molecule has 0 aliphatic heterocycles. The van der Waals surface area contributed by atoms with Crippen LogP contribution in [0.1, 0.15) is 24.0 Å². The van der Waals surface area contributed by atoms with Crippen LogP contribution < -0.4 is 11.2 Å². The summed E-state index contributed by atoms with van der Waals surface area (Å²) < 4.78 is 6.85. The van der Waals surface area contributed by atoms with Gasteiger partial charge in [-0.15, -0.1) is 0 Å². The summed E-state index contributed by atoms with van der Waals surface area (Å²) in [5.74, 6) is 0.486. The van der Waals surface area contributed by atoms with Gasteiger partial charge in [0.25, 0.3) is 5.56 Å². The van der Waals surface area contributed by atoms with Gasteiger partial charge in [0.2, 0.25) is 5.62 Å². The maximum absolute atomic E-state index is 13.6. The van der Waals surface area contributed by atoms with Gasteiger partial charge in [-0.3, -0.25) is 29.0 Å². The molecule has 1 aliphatic rings. The Hall–Kier alpha value is -4.16. The second-order valence-corrected chi connectivity index (χ2v) is 9.80. The Kier molecular flexibility index (Phi) is 5.09. The average molecular weight is 499 g/mol. The van der Waals surface area contributed by atoms with E-state index in [0.29, 0.717) is 57.5 Å². The molecule has 1 aliphatic carbocycles. The molecular formula is C26H23ClN8O. The lowest BCUT2D eigenvalue weighted by Crippen LogP contribution is -2.38. The minimum atomic E-state index is -0.286. The molecule has 6 rings (SSSR count). The first-order chi connectivity index (χ1) is 17.4. The van der Waals surface area contributed by atoms with Crippen LogP contribution in [-0.4, -0.2) is 28.5 Å². The van der Waals surface area contributed by atoms with E-state index in [1.807, 2.05) is 40.4 Å². The maximum Gasteiger partial charge on any atom is 0.266 e. The fourth-order valence-electron chi connectivity index (χ4n) is 4.84. The highest BCUT2D eigenvalue weighted by Gasteiger charge is 2.27. The number of pyridine rings is 1. The molecule has 0 bridgehead atoms. The highest BCUT2D eigenvalue weighted by molar-refractivity contribution is 6.35. The minimum Gasteiger partial charge on any atom is -0.348 e. The third-order valence-electron chi connectivity index (χ3n) is 6.93. The van der Waals surface area contributed by atoms with Gasteiger partial charge in [-0.1, -0.05) is 23.7 Å². The zero-order valence-electron chi connectivity index (χ0n) is 19.9. The second-order valence-electron chi connectivity index (χ2n) is 9.39. The summed E-state index contributed by atoms with van der Waals surface area (Å²) in [6.45, 7) is 1.00. The van der Waals surface area contributed by atoms with Crippen molar-refractivity contribution in [1.82, 2.24) is 28.5 Å². The van der Waals surface area contributed by atoms with Gasteiger partial charge in [0.05, 0.1) is 28.3 Å². The average Bonchev–Trinajstić information content (AvgIpc) is 3.51. The van der Waals surface area contributed by atoms with E-state index < -0.39 is 0 Å². The maximum atomic E-state index is 13.6. The molecule has 180 valence electrons. The third-order valence-corrected chi connectivity index (χ3v) is 7.23. The Morgan fingerprint density at radius 2 is 2.06 bits per heavy atom. The van der Waals surface area contributed by atoms with Crippen LogP contribution in [0.15, 0.2) is 47.5 Å². The van der Waals surface area contributed by atoms with Gasteiger partial charge in [0, 0.05) is 38.4 Å². The number of nitrogens with one attached hydrogen (secondary N) is 1. The molecule has 4 heterocycles. The fourth-order valence-corrected chi connectivity index (χ4v) is 5.07. The lowest BCUT2D eigenvalue weighted by atomic mass is 10.1. The number of nitriles is 1. The number of hydrogen-bond acceptors (Lipinski definition) is 5. The number of fused-ring (bicyclic) bond motifs is 2. The van der Waals surface area contributed by atoms with Gasteiger partial charge in [-0.05, 0) is 42.5 Å². The first kappa shape index (κ1) is 22.3. The molecule has 1 N–H and O–H groups in total. The predicted molar refractivity (Wildman–Crippen MR) is 137 cm³/mol. The second kappa shape index (κ2) is 8.21. The lowest BCUT2D eigenvalue weighted by Gasteiger charge is -2.11. The van der Waals surface area contributed by atoms with E-state index in [1.54, 1.807) is 30.2 Å². The van der Waals surface area contributed by atoms with Crippen LogP contribution in [0.2, 0.25) is 5.02 Å².